The largest absolute Gasteiger partial charge is 0.490 e. The van der Waals surface area contributed by atoms with Crippen molar-refractivity contribution < 1.29 is 33.1 Å². The summed E-state index contributed by atoms with van der Waals surface area (Å²) in [4.78, 5) is 31.1. The van der Waals surface area contributed by atoms with Crippen LogP contribution in [0.3, 0.4) is 0 Å². The van der Waals surface area contributed by atoms with Crippen LogP contribution < -0.4 is 10.8 Å². The molecule has 2 unspecified atom stereocenters. The number of hydrogen-bond acceptors (Lipinski definition) is 7. The molecule has 43 heavy (non-hydrogen) atoms. The van der Waals surface area contributed by atoms with Crippen LogP contribution in [-0.2, 0) is 11.2 Å². The lowest BCUT2D eigenvalue weighted by Crippen LogP contribution is -2.38. The van der Waals surface area contributed by atoms with Gasteiger partial charge in [-0.25, -0.2) is 20.2 Å². The minimum absolute atomic E-state index is 0.468. The summed E-state index contributed by atoms with van der Waals surface area (Å²) in [5.41, 5.74) is 7.03. The van der Waals surface area contributed by atoms with Gasteiger partial charge in [-0.05, 0) is 93.0 Å². The molecule has 1 saturated carbocycles. The number of hydroxylamine groups is 1. The minimum Gasteiger partial charge on any atom is -0.475 e. The van der Waals surface area contributed by atoms with Gasteiger partial charge < -0.3 is 15.3 Å². The number of carbonyl (C=O) groups excluding carboxylic acids is 1. The predicted molar refractivity (Wildman–Crippen MR) is 153 cm³/mol. The molecule has 3 aromatic rings. The summed E-state index contributed by atoms with van der Waals surface area (Å²) >= 11 is 0. The maximum absolute atomic E-state index is 11.4. The van der Waals surface area contributed by atoms with Crippen LogP contribution >= 0.6 is 0 Å². The highest BCUT2D eigenvalue weighted by molar-refractivity contribution is 5.93. The molecule has 2 atom stereocenters. The fourth-order valence-corrected chi connectivity index (χ4v) is 5.29. The van der Waals surface area contributed by atoms with Crippen LogP contribution in [0, 0.1) is 5.92 Å². The number of aromatic nitrogens is 2. The number of carboxylic acid groups (broad SMARTS) is 1. The number of nitrogens with one attached hydrogen (secondary N) is 2. The number of amides is 1. The van der Waals surface area contributed by atoms with Crippen molar-refractivity contribution in [3.05, 3.63) is 83.9 Å². The zero-order chi connectivity index (χ0) is 30.8. The van der Waals surface area contributed by atoms with E-state index in [1.807, 2.05) is 24.5 Å². The highest BCUT2D eigenvalue weighted by Crippen LogP contribution is 2.41. The second-order valence-corrected chi connectivity index (χ2v) is 10.9. The molecule has 2 aliphatic rings. The first kappa shape index (κ1) is 32.1. The SMILES string of the molecule is O=C(NO)c1ccc(CCCN2CCC(CNC3CC3c3ccc(-c4cncnc4)cc3)CC2)cc1.O=C(O)C(F)(F)F. The Labute approximate surface area is 248 Å². The summed E-state index contributed by atoms with van der Waals surface area (Å²) in [5, 5.41) is 19.7. The van der Waals surface area contributed by atoms with E-state index in [2.05, 4.69) is 44.5 Å². The Morgan fingerprint density at radius 1 is 0.953 bits per heavy atom. The molecule has 0 radical (unpaired) electrons. The van der Waals surface area contributed by atoms with Gasteiger partial charge in [0, 0.05) is 35.5 Å². The Morgan fingerprint density at radius 2 is 1.58 bits per heavy atom. The fraction of sp³-hybridized carbons (Fsp3) is 0.419. The Bertz CT molecular complexity index is 1320. The van der Waals surface area contributed by atoms with Crippen LogP contribution in [-0.4, -0.2) is 75.5 Å². The van der Waals surface area contributed by atoms with E-state index in [1.54, 1.807) is 23.9 Å². The summed E-state index contributed by atoms with van der Waals surface area (Å²) < 4.78 is 31.7. The maximum Gasteiger partial charge on any atom is 0.490 e. The van der Waals surface area contributed by atoms with Crippen molar-refractivity contribution in [1.29, 1.82) is 0 Å². The van der Waals surface area contributed by atoms with Crippen molar-refractivity contribution in [3.63, 3.8) is 0 Å². The number of carbonyl (C=O) groups is 2. The van der Waals surface area contributed by atoms with Crippen molar-refractivity contribution in [2.75, 3.05) is 26.2 Å². The Morgan fingerprint density at radius 3 is 2.16 bits per heavy atom. The van der Waals surface area contributed by atoms with Crippen molar-refractivity contribution in [2.24, 2.45) is 5.92 Å². The third kappa shape index (κ3) is 9.84. The molecule has 1 amide bonds. The van der Waals surface area contributed by atoms with Gasteiger partial charge in [-0.15, -0.1) is 0 Å². The maximum atomic E-state index is 11.4. The Balaban J connectivity index is 0.000000541. The van der Waals surface area contributed by atoms with Crippen LogP contribution in [0.2, 0.25) is 0 Å². The molecule has 2 aromatic carbocycles. The first-order valence-corrected chi connectivity index (χ1v) is 14.3. The monoisotopic (exact) mass is 599 g/mol. The first-order valence-electron chi connectivity index (χ1n) is 14.3. The second kappa shape index (κ2) is 15.0. The van der Waals surface area contributed by atoms with E-state index in [4.69, 9.17) is 15.1 Å². The Hall–Kier alpha value is -3.87. The number of carboxylic acids is 1. The van der Waals surface area contributed by atoms with Gasteiger partial charge in [0.05, 0.1) is 0 Å². The number of piperidine rings is 1. The van der Waals surface area contributed by atoms with Crippen LogP contribution in [0.4, 0.5) is 13.2 Å². The second-order valence-electron chi connectivity index (χ2n) is 10.9. The highest BCUT2D eigenvalue weighted by atomic mass is 19.4. The molecule has 1 aliphatic carbocycles. The number of nitrogens with zero attached hydrogens (tertiary/aromatic N) is 3. The van der Waals surface area contributed by atoms with E-state index in [0.717, 1.165) is 37.4 Å². The first-order chi connectivity index (χ1) is 20.6. The molecule has 0 bridgehead atoms. The summed E-state index contributed by atoms with van der Waals surface area (Å²) in [6.45, 7) is 4.61. The van der Waals surface area contributed by atoms with Gasteiger partial charge in [0.25, 0.3) is 5.91 Å². The van der Waals surface area contributed by atoms with Gasteiger partial charge in [-0.2, -0.15) is 13.2 Å². The molecule has 4 N–H and O–H groups in total. The van der Waals surface area contributed by atoms with Gasteiger partial charge >= 0.3 is 12.1 Å². The molecular formula is C31H36F3N5O4. The van der Waals surface area contributed by atoms with Crippen molar-refractivity contribution >= 4 is 11.9 Å². The summed E-state index contributed by atoms with van der Waals surface area (Å²) in [6, 6.07) is 17.0. The number of aliphatic carboxylic acids is 1. The average molecular weight is 600 g/mol. The molecule has 2 heterocycles. The number of likely N-dealkylation sites (tertiary alicyclic amines) is 1. The van der Waals surface area contributed by atoms with Gasteiger partial charge in [0.2, 0.25) is 0 Å². The number of alkyl halides is 3. The molecule has 5 rings (SSSR count). The van der Waals surface area contributed by atoms with Crippen LogP contribution in [0.15, 0.2) is 67.3 Å². The molecule has 2 fully saturated rings. The summed E-state index contributed by atoms with van der Waals surface area (Å²) in [5.74, 6) is -1.82. The lowest BCUT2D eigenvalue weighted by atomic mass is 9.96. The molecule has 1 saturated heterocycles. The molecule has 230 valence electrons. The molecule has 9 nitrogen and oxygen atoms in total. The zero-order valence-corrected chi connectivity index (χ0v) is 23.6. The number of benzene rings is 2. The van der Waals surface area contributed by atoms with E-state index in [9.17, 15) is 18.0 Å². The number of rotatable bonds is 10. The standard InChI is InChI=1S/C29H35N5O2.C2HF3O2/c35-29(33-36)25-5-3-21(4-6-25)2-1-13-34-14-11-22(12-15-34)17-32-28-16-27(28)24-9-7-23(8-10-24)26-18-30-20-31-19-26;3-2(4,5)1(6)7/h3-10,18-20,22,27-28,32,36H,1-2,11-17H2,(H,33,35);(H,6,7). The third-order valence-electron chi connectivity index (χ3n) is 7.90. The van der Waals surface area contributed by atoms with E-state index < -0.39 is 18.1 Å². The number of hydrogen-bond donors (Lipinski definition) is 4. The topological polar surface area (TPSA) is 128 Å². The zero-order valence-electron chi connectivity index (χ0n) is 23.6. The normalized spacial score (nSPS) is 18.8. The quantitative estimate of drug-likeness (QED) is 0.195. The summed E-state index contributed by atoms with van der Waals surface area (Å²) in [6.07, 6.45) is 6.09. The lowest BCUT2D eigenvalue weighted by Gasteiger charge is -2.32. The Kier molecular flexibility index (Phi) is 11.2. The van der Waals surface area contributed by atoms with E-state index in [0.29, 0.717) is 17.5 Å². The van der Waals surface area contributed by atoms with Gasteiger partial charge in [-0.1, -0.05) is 36.4 Å². The van der Waals surface area contributed by atoms with Crippen LogP contribution in [0.25, 0.3) is 11.1 Å². The minimum atomic E-state index is -5.08. The van der Waals surface area contributed by atoms with Gasteiger partial charge in [0.15, 0.2) is 0 Å². The molecule has 1 aromatic heterocycles. The molecule has 12 heteroatoms. The van der Waals surface area contributed by atoms with E-state index in [1.165, 1.54) is 49.0 Å². The summed E-state index contributed by atoms with van der Waals surface area (Å²) in [7, 11) is 0. The van der Waals surface area contributed by atoms with Crippen molar-refractivity contribution in [3.8, 4) is 11.1 Å². The van der Waals surface area contributed by atoms with Crippen molar-refractivity contribution in [2.45, 2.75) is 50.2 Å². The van der Waals surface area contributed by atoms with Crippen LogP contribution in [0.5, 0.6) is 0 Å². The van der Waals surface area contributed by atoms with Gasteiger partial charge in [0.1, 0.15) is 6.33 Å². The fourth-order valence-electron chi connectivity index (χ4n) is 5.29. The molecule has 0 spiro atoms. The number of aryl methyl sites for hydroxylation is 1. The molecular weight excluding hydrogens is 563 g/mol. The van der Waals surface area contributed by atoms with Gasteiger partial charge in [-0.3, -0.25) is 10.0 Å². The lowest BCUT2D eigenvalue weighted by molar-refractivity contribution is -0.192. The predicted octanol–water partition coefficient (Wildman–Crippen LogP) is 4.69. The van der Waals surface area contributed by atoms with E-state index >= 15 is 0 Å². The third-order valence-corrected chi connectivity index (χ3v) is 7.90. The van der Waals surface area contributed by atoms with Crippen molar-refractivity contribution in [1.82, 2.24) is 25.7 Å². The average Bonchev–Trinajstić information content (AvgIpc) is 3.81. The number of halogens is 3. The van der Waals surface area contributed by atoms with E-state index in [-0.39, 0.29) is 0 Å². The smallest absolute Gasteiger partial charge is 0.475 e. The molecule has 1 aliphatic heterocycles. The highest BCUT2D eigenvalue weighted by Gasteiger charge is 2.39. The van der Waals surface area contributed by atoms with Crippen LogP contribution in [0.1, 0.15) is 53.1 Å².